The van der Waals surface area contributed by atoms with Gasteiger partial charge in [0.15, 0.2) is 6.23 Å². The zero-order valence-corrected chi connectivity index (χ0v) is 15.6. The van der Waals surface area contributed by atoms with Crippen molar-refractivity contribution in [3.8, 4) is 5.75 Å². The van der Waals surface area contributed by atoms with E-state index in [1.54, 1.807) is 29.2 Å². The first-order chi connectivity index (χ1) is 13.0. The molecule has 7 nitrogen and oxygen atoms in total. The number of rotatable bonds is 2. The first-order valence-electron chi connectivity index (χ1n) is 9.60. The molecular formula is C20H26N4O3. The van der Waals surface area contributed by atoms with E-state index in [0.29, 0.717) is 6.54 Å². The molecular weight excluding hydrogens is 344 g/mol. The number of benzene rings is 1. The highest BCUT2D eigenvalue weighted by atomic mass is 16.3. The highest BCUT2D eigenvalue weighted by Gasteiger charge is 2.29. The zero-order chi connectivity index (χ0) is 19.0. The Morgan fingerprint density at radius 1 is 1.26 bits per heavy atom. The average Bonchev–Trinajstić information content (AvgIpc) is 3.07. The number of likely N-dealkylation sites (tertiary alicyclic amines) is 1. The number of carbonyl (C=O) groups excluding carboxylic acids is 1. The summed E-state index contributed by atoms with van der Waals surface area (Å²) in [6, 6.07) is 5.07. The standard InChI is InChI=1S/C20H26N4O3/c1-14-6-9-22(10-7-14)18-4-5-19(26)24(21-18)13-20(27)23-11-8-15-12-16(25)2-3-17(15)23/h2-5,12,14,19,25-26H,6-11,13H2,1H3. The average molecular weight is 370 g/mol. The van der Waals surface area contributed by atoms with Gasteiger partial charge in [0.2, 0.25) is 5.91 Å². The monoisotopic (exact) mass is 370 g/mol. The molecule has 4 rings (SSSR count). The van der Waals surface area contributed by atoms with Crippen LogP contribution in [0.2, 0.25) is 0 Å². The van der Waals surface area contributed by atoms with E-state index in [9.17, 15) is 15.0 Å². The van der Waals surface area contributed by atoms with Crippen molar-refractivity contribution >= 4 is 17.4 Å². The zero-order valence-electron chi connectivity index (χ0n) is 15.6. The van der Waals surface area contributed by atoms with Crippen LogP contribution in [0.4, 0.5) is 5.69 Å². The Hall–Kier alpha value is -2.54. The van der Waals surface area contributed by atoms with Crippen LogP contribution in [0.15, 0.2) is 35.5 Å². The highest BCUT2D eigenvalue weighted by molar-refractivity contribution is 5.97. The van der Waals surface area contributed by atoms with Crippen LogP contribution in [0.3, 0.4) is 0 Å². The second kappa shape index (κ2) is 7.23. The summed E-state index contributed by atoms with van der Waals surface area (Å²) in [5.41, 5.74) is 1.79. The fourth-order valence-electron chi connectivity index (χ4n) is 3.90. The molecule has 1 atom stereocenters. The summed E-state index contributed by atoms with van der Waals surface area (Å²) in [5, 5.41) is 25.9. The topological polar surface area (TPSA) is 79.6 Å². The third-order valence-electron chi connectivity index (χ3n) is 5.62. The molecule has 0 bridgehead atoms. The Morgan fingerprint density at radius 2 is 2.04 bits per heavy atom. The number of hydrazone groups is 1. The Bertz CT molecular complexity index is 783. The van der Waals surface area contributed by atoms with Crippen molar-refractivity contribution < 1.29 is 15.0 Å². The lowest BCUT2D eigenvalue weighted by molar-refractivity contribution is -0.121. The predicted octanol–water partition coefficient (Wildman–Crippen LogP) is 1.52. The molecule has 1 fully saturated rings. The summed E-state index contributed by atoms with van der Waals surface area (Å²) < 4.78 is 0. The van der Waals surface area contributed by atoms with Gasteiger partial charge in [0.1, 0.15) is 18.1 Å². The summed E-state index contributed by atoms with van der Waals surface area (Å²) in [5.74, 6) is 1.65. The number of phenolic OH excluding ortho intramolecular Hbond substituents is 1. The number of phenols is 1. The van der Waals surface area contributed by atoms with Crippen LogP contribution in [-0.4, -0.2) is 64.3 Å². The van der Waals surface area contributed by atoms with Crippen molar-refractivity contribution in [2.75, 3.05) is 31.1 Å². The lowest BCUT2D eigenvalue weighted by Crippen LogP contribution is -2.45. The highest BCUT2D eigenvalue weighted by Crippen LogP contribution is 2.31. The van der Waals surface area contributed by atoms with E-state index in [1.807, 2.05) is 6.08 Å². The molecule has 0 aromatic heterocycles. The van der Waals surface area contributed by atoms with Crippen LogP contribution in [-0.2, 0) is 11.2 Å². The smallest absolute Gasteiger partial charge is 0.248 e. The number of fused-ring (bicyclic) bond motifs is 1. The molecule has 1 unspecified atom stereocenters. The maximum absolute atomic E-state index is 12.8. The van der Waals surface area contributed by atoms with Crippen molar-refractivity contribution in [1.82, 2.24) is 9.91 Å². The van der Waals surface area contributed by atoms with Crippen molar-refractivity contribution in [2.45, 2.75) is 32.4 Å². The minimum atomic E-state index is -0.900. The lowest BCUT2D eigenvalue weighted by Gasteiger charge is -2.35. The van der Waals surface area contributed by atoms with Gasteiger partial charge in [-0.2, -0.15) is 5.10 Å². The molecule has 1 aromatic carbocycles. The second-order valence-corrected chi connectivity index (χ2v) is 7.61. The van der Waals surface area contributed by atoms with Crippen LogP contribution < -0.4 is 4.90 Å². The summed E-state index contributed by atoms with van der Waals surface area (Å²) in [7, 11) is 0. The first kappa shape index (κ1) is 17.9. The molecule has 3 aliphatic rings. The quantitative estimate of drug-likeness (QED) is 0.825. The van der Waals surface area contributed by atoms with Crippen LogP contribution in [0.25, 0.3) is 0 Å². The van der Waals surface area contributed by atoms with E-state index in [-0.39, 0.29) is 18.2 Å². The third-order valence-corrected chi connectivity index (χ3v) is 5.62. The molecule has 0 saturated carbocycles. The fraction of sp³-hybridized carbons (Fsp3) is 0.500. The van der Waals surface area contributed by atoms with Crippen molar-refractivity contribution in [3.05, 3.63) is 35.9 Å². The number of nitrogens with zero attached hydrogens (tertiary/aromatic N) is 4. The fourth-order valence-corrected chi connectivity index (χ4v) is 3.90. The number of amides is 1. The molecule has 0 spiro atoms. The number of hydrogen-bond acceptors (Lipinski definition) is 6. The Labute approximate surface area is 159 Å². The summed E-state index contributed by atoms with van der Waals surface area (Å²) in [6.45, 7) is 4.76. The number of carbonyl (C=O) groups is 1. The van der Waals surface area contributed by atoms with Gasteiger partial charge >= 0.3 is 0 Å². The largest absolute Gasteiger partial charge is 0.508 e. The van der Waals surface area contributed by atoms with Gasteiger partial charge in [-0.05, 0) is 61.1 Å². The molecule has 1 amide bonds. The summed E-state index contributed by atoms with van der Waals surface area (Å²) in [4.78, 5) is 16.8. The SMILES string of the molecule is CC1CCN(C2=NN(CC(=O)N3CCc4cc(O)ccc43)C(O)C=C2)CC1. The maximum atomic E-state index is 12.8. The summed E-state index contributed by atoms with van der Waals surface area (Å²) in [6.07, 6.45) is 5.61. The Kier molecular flexibility index (Phi) is 4.78. The normalized spacial score (nSPS) is 22.8. The van der Waals surface area contributed by atoms with Gasteiger partial charge in [-0.1, -0.05) is 6.92 Å². The first-order valence-corrected chi connectivity index (χ1v) is 9.60. The number of hydrogen-bond donors (Lipinski definition) is 2. The van der Waals surface area contributed by atoms with E-state index in [4.69, 9.17) is 0 Å². The minimum Gasteiger partial charge on any atom is -0.508 e. The number of aliphatic hydroxyl groups excluding tert-OH is 1. The predicted molar refractivity (Wildman–Crippen MR) is 103 cm³/mol. The van der Waals surface area contributed by atoms with Gasteiger partial charge in [0.25, 0.3) is 0 Å². The number of amidine groups is 1. The van der Waals surface area contributed by atoms with Gasteiger partial charge in [0.05, 0.1) is 0 Å². The van der Waals surface area contributed by atoms with E-state index in [2.05, 4.69) is 16.9 Å². The van der Waals surface area contributed by atoms with E-state index >= 15 is 0 Å². The van der Waals surface area contributed by atoms with Gasteiger partial charge in [-0.3, -0.25) is 9.80 Å². The summed E-state index contributed by atoms with van der Waals surface area (Å²) >= 11 is 0. The molecule has 3 aliphatic heterocycles. The molecule has 1 aromatic rings. The molecule has 1 saturated heterocycles. The number of aliphatic hydroxyl groups is 1. The number of aromatic hydroxyl groups is 1. The van der Waals surface area contributed by atoms with Crippen LogP contribution >= 0.6 is 0 Å². The maximum Gasteiger partial charge on any atom is 0.248 e. The Balaban J connectivity index is 1.45. The van der Waals surface area contributed by atoms with Crippen molar-refractivity contribution in [1.29, 1.82) is 0 Å². The molecule has 0 radical (unpaired) electrons. The van der Waals surface area contributed by atoms with Crippen LogP contribution in [0.1, 0.15) is 25.3 Å². The van der Waals surface area contributed by atoms with Crippen LogP contribution in [0, 0.1) is 5.92 Å². The molecule has 27 heavy (non-hydrogen) atoms. The van der Waals surface area contributed by atoms with Gasteiger partial charge in [-0.15, -0.1) is 0 Å². The van der Waals surface area contributed by atoms with Crippen LogP contribution in [0.5, 0.6) is 5.75 Å². The minimum absolute atomic E-state index is 0.0135. The van der Waals surface area contributed by atoms with Gasteiger partial charge in [-0.25, -0.2) is 0 Å². The van der Waals surface area contributed by atoms with E-state index < -0.39 is 6.23 Å². The van der Waals surface area contributed by atoms with E-state index in [0.717, 1.165) is 55.4 Å². The van der Waals surface area contributed by atoms with Crippen molar-refractivity contribution in [3.63, 3.8) is 0 Å². The lowest BCUT2D eigenvalue weighted by atomic mass is 9.99. The van der Waals surface area contributed by atoms with Gasteiger partial charge < -0.3 is 20.0 Å². The number of anilines is 1. The van der Waals surface area contributed by atoms with E-state index in [1.165, 1.54) is 5.01 Å². The second-order valence-electron chi connectivity index (χ2n) is 7.61. The molecule has 2 N–H and O–H groups in total. The van der Waals surface area contributed by atoms with Crippen molar-refractivity contribution in [2.24, 2.45) is 11.0 Å². The number of piperidine rings is 1. The van der Waals surface area contributed by atoms with Gasteiger partial charge in [0, 0.05) is 25.3 Å². The third kappa shape index (κ3) is 3.64. The molecule has 3 heterocycles. The Morgan fingerprint density at radius 3 is 2.81 bits per heavy atom. The molecule has 0 aliphatic carbocycles. The molecule has 144 valence electrons. The molecule has 7 heteroatoms.